The monoisotopic (exact) mass is 256 g/mol. The van der Waals surface area contributed by atoms with Crippen LogP contribution in [0.3, 0.4) is 0 Å². The van der Waals surface area contributed by atoms with Crippen LogP contribution in [0, 0.1) is 6.92 Å². The minimum absolute atomic E-state index is 0.413. The molecule has 1 aromatic rings. The molecule has 1 N–H and O–H groups in total. The maximum absolute atomic E-state index is 12.1. The van der Waals surface area contributed by atoms with Gasteiger partial charge in [-0.25, -0.2) is 8.78 Å². The molecule has 0 aliphatic heterocycles. The second kappa shape index (κ2) is 6.44. The molecule has 0 heterocycles. The third-order valence-electron chi connectivity index (χ3n) is 2.59. The summed E-state index contributed by atoms with van der Waals surface area (Å²) in [7, 11) is 3.49. The van der Waals surface area contributed by atoms with Gasteiger partial charge in [0.05, 0.1) is 6.54 Å². The molecule has 0 saturated heterocycles. The molecule has 0 radical (unpaired) electrons. The Kier molecular flexibility index (Phi) is 5.22. The molecule has 1 rings (SSSR count). The van der Waals surface area contributed by atoms with Gasteiger partial charge in [0.1, 0.15) is 6.04 Å². The van der Waals surface area contributed by atoms with Gasteiger partial charge < -0.3 is 5.32 Å². The first-order valence-electron chi connectivity index (χ1n) is 5.70. The van der Waals surface area contributed by atoms with Crippen LogP contribution >= 0.6 is 0 Å². The Bertz CT molecular complexity index is 390. The fourth-order valence-electron chi connectivity index (χ4n) is 1.71. The summed E-state index contributed by atoms with van der Waals surface area (Å²) in [5.41, 5.74) is 1.88. The highest BCUT2D eigenvalue weighted by Gasteiger charge is 2.23. The summed E-state index contributed by atoms with van der Waals surface area (Å²) in [6.07, 6.45) is -2.53. The van der Waals surface area contributed by atoms with Crippen LogP contribution < -0.4 is 5.32 Å². The lowest BCUT2D eigenvalue weighted by Crippen LogP contribution is -2.39. The van der Waals surface area contributed by atoms with Crippen LogP contribution in [0.25, 0.3) is 0 Å². The molecule has 0 spiro atoms. The zero-order chi connectivity index (χ0) is 13.7. The number of hydrogen-bond acceptors (Lipinski definition) is 2. The Morgan fingerprint density at radius 3 is 2.28 bits per heavy atom. The van der Waals surface area contributed by atoms with Crippen LogP contribution in [-0.4, -0.2) is 37.9 Å². The van der Waals surface area contributed by atoms with Gasteiger partial charge in [-0.3, -0.25) is 9.69 Å². The maximum Gasteiger partial charge on any atom is 0.255 e. The predicted molar refractivity (Wildman–Crippen MR) is 66.6 cm³/mol. The number of aryl methyl sites for hydroxylation is 1. The number of carbonyl (C=O) groups is 1. The Morgan fingerprint density at radius 2 is 1.83 bits per heavy atom. The summed E-state index contributed by atoms with van der Waals surface area (Å²) >= 11 is 0. The van der Waals surface area contributed by atoms with E-state index in [0.717, 1.165) is 11.1 Å². The van der Waals surface area contributed by atoms with Crippen LogP contribution in [0.2, 0.25) is 0 Å². The van der Waals surface area contributed by atoms with E-state index in [2.05, 4.69) is 5.32 Å². The Hall–Kier alpha value is -1.49. The molecule has 1 atom stereocenters. The first-order valence-corrected chi connectivity index (χ1v) is 5.70. The average Bonchev–Trinajstić information content (AvgIpc) is 2.29. The van der Waals surface area contributed by atoms with Gasteiger partial charge in [0.2, 0.25) is 5.91 Å². The van der Waals surface area contributed by atoms with E-state index >= 15 is 0 Å². The number of nitrogens with zero attached hydrogens (tertiary/aromatic N) is 1. The number of benzene rings is 1. The maximum atomic E-state index is 12.1. The standard InChI is InChI=1S/C13H18F2N2O/c1-9-4-6-10(7-5-9)12(17(2)3)13(18)16-8-11(14)15/h4-7,11-12H,8H2,1-3H3,(H,16,18)/t12-/m0/s1. The minimum Gasteiger partial charge on any atom is -0.349 e. The van der Waals surface area contributed by atoms with Crippen molar-refractivity contribution in [1.29, 1.82) is 0 Å². The second-order valence-electron chi connectivity index (χ2n) is 4.41. The minimum atomic E-state index is -2.53. The van der Waals surface area contributed by atoms with Gasteiger partial charge in [-0.1, -0.05) is 29.8 Å². The van der Waals surface area contributed by atoms with Crippen molar-refractivity contribution >= 4 is 5.91 Å². The molecule has 1 amide bonds. The fraction of sp³-hybridized carbons (Fsp3) is 0.462. The molecule has 5 heteroatoms. The Labute approximate surface area is 106 Å². The molecule has 0 unspecified atom stereocenters. The highest BCUT2D eigenvalue weighted by atomic mass is 19.3. The molecule has 0 aliphatic rings. The van der Waals surface area contributed by atoms with E-state index < -0.39 is 24.9 Å². The normalized spacial score (nSPS) is 12.8. The zero-order valence-electron chi connectivity index (χ0n) is 10.8. The molecule has 0 saturated carbocycles. The molecule has 1 aromatic carbocycles. The molecule has 3 nitrogen and oxygen atoms in total. The van der Waals surface area contributed by atoms with Crippen molar-refractivity contribution in [3.8, 4) is 0 Å². The number of likely N-dealkylation sites (N-methyl/N-ethyl adjacent to an activating group) is 1. The number of rotatable bonds is 5. The van der Waals surface area contributed by atoms with Gasteiger partial charge in [0.15, 0.2) is 0 Å². The number of amides is 1. The molecule has 0 aromatic heterocycles. The van der Waals surface area contributed by atoms with E-state index in [9.17, 15) is 13.6 Å². The van der Waals surface area contributed by atoms with Crippen LogP contribution in [0.15, 0.2) is 24.3 Å². The van der Waals surface area contributed by atoms with E-state index in [1.807, 2.05) is 31.2 Å². The number of hydrogen-bond donors (Lipinski definition) is 1. The van der Waals surface area contributed by atoms with Crippen molar-refractivity contribution in [3.05, 3.63) is 35.4 Å². The van der Waals surface area contributed by atoms with Gasteiger partial charge >= 0.3 is 0 Å². The van der Waals surface area contributed by atoms with E-state index in [1.165, 1.54) is 0 Å². The molecule has 100 valence electrons. The van der Waals surface area contributed by atoms with Crippen molar-refractivity contribution in [2.75, 3.05) is 20.6 Å². The third-order valence-corrected chi connectivity index (χ3v) is 2.59. The summed E-state index contributed by atoms with van der Waals surface area (Å²) in [5.74, 6) is -0.413. The average molecular weight is 256 g/mol. The van der Waals surface area contributed by atoms with E-state index in [4.69, 9.17) is 0 Å². The van der Waals surface area contributed by atoms with Crippen LogP contribution in [0.4, 0.5) is 8.78 Å². The van der Waals surface area contributed by atoms with Crippen molar-refractivity contribution in [1.82, 2.24) is 10.2 Å². The summed E-state index contributed by atoms with van der Waals surface area (Å²) in [4.78, 5) is 13.6. The van der Waals surface area contributed by atoms with Crippen molar-refractivity contribution < 1.29 is 13.6 Å². The van der Waals surface area contributed by atoms with Crippen molar-refractivity contribution in [2.45, 2.75) is 19.4 Å². The number of nitrogens with one attached hydrogen (secondary N) is 1. The molecule has 0 bridgehead atoms. The van der Waals surface area contributed by atoms with E-state index in [0.29, 0.717) is 0 Å². The van der Waals surface area contributed by atoms with Crippen LogP contribution in [-0.2, 0) is 4.79 Å². The lowest BCUT2D eigenvalue weighted by molar-refractivity contribution is -0.126. The molecule has 0 fully saturated rings. The van der Waals surface area contributed by atoms with Crippen LogP contribution in [0.1, 0.15) is 17.2 Å². The largest absolute Gasteiger partial charge is 0.349 e. The van der Waals surface area contributed by atoms with Gasteiger partial charge in [0, 0.05) is 0 Å². The van der Waals surface area contributed by atoms with Gasteiger partial charge in [-0.2, -0.15) is 0 Å². The van der Waals surface area contributed by atoms with Gasteiger partial charge in [0.25, 0.3) is 6.43 Å². The summed E-state index contributed by atoms with van der Waals surface area (Å²) < 4.78 is 24.2. The topological polar surface area (TPSA) is 32.3 Å². The fourth-order valence-corrected chi connectivity index (χ4v) is 1.71. The van der Waals surface area contributed by atoms with Gasteiger partial charge in [-0.05, 0) is 26.6 Å². The molecular weight excluding hydrogens is 238 g/mol. The van der Waals surface area contributed by atoms with E-state index in [1.54, 1.807) is 19.0 Å². The Balaban J connectivity index is 2.82. The van der Waals surface area contributed by atoms with Crippen LogP contribution in [0.5, 0.6) is 0 Å². The first kappa shape index (κ1) is 14.6. The lowest BCUT2D eigenvalue weighted by Gasteiger charge is -2.23. The van der Waals surface area contributed by atoms with E-state index in [-0.39, 0.29) is 0 Å². The summed E-state index contributed by atoms with van der Waals surface area (Å²) in [6.45, 7) is 1.33. The Morgan fingerprint density at radius 1 is 1.28 bits per heavy atom. The quantitative estimate of drug-likeness (QED) is 0.873. The highest BCUT2D eigenvalue weighted by molar-refractivity contribution is 5.83. The smallest absolute Gasteiger partial charge is 0.255 e. The number of carbonyl (C=O) groups excluding carboxylic acids is 1. The SMILES string of the molecule is Cc1ccc([C@@H](C(=O)NCC(F)F)N(C)C)cc1. The first-order chi connectivity index (χ1) is 8.41. The predicted octanol–water partition coefficient (Wildman–Crippen LogP) is 1.98. The molecule has 18 heavy (non-hydrogen) atoms. The highest BCUT2D eigenvalue weighted by Crippen LogP contribution is 2.18. The third kappa shape index (κ3) is 4.07. The number of alkyl halides is 2. The summed E-state index contributed by atoms with van der Waals surface area (Å²) in [6, 6.07) is 6.91. The molecular formula is C13H18F2N2O. The second-order valence-corrected chi connectivity index (χ2v) is 4.41. The summed E-state index contributed by atoms with van der Waals surface area (Å²) in [5, 5.41) is 2.25. The zero-order valence-corrected chi connectivity index (χ0v) is 10.8. The molecule has 0 aliphatic carbocycles. The van der Waals surface area contributed by atoms with Gasteiger partial charge in [-0.15, -0.1) is 0 Å². The van der Waals surface area contributed by atoms with Crippen molar-refractivity contribution in [2.24, 2.45) is 0 Å². The number of halogens is 2. The van der Waals surface area contributed by atoms with Crippen molar-refractivity contribution in [3.63, 3.8) is 0 Å². The lowest BCUT2D eigenvalue weighted by atomic mass is 10.0.